The lowest BCUT2D eigenvalue weighted by molar-refractivity contribution is 0.122. The van der Waals surface area contributed by atoms with E-state index < -0.39 is 5.67 Å². The third-order valence-corrected chi connectivity index (χ3v) is 2.62. The van der Waals surface area contributed by atoms with Gasteiger partial charge in [0, 0.05) is 6.54 Å². The molecule has 1 aliphatic rings. The molecule has 78 valence electrons. The minimum atomic E-state index is -1.14. The summed E-state index contributed by atoms with van der Waals surface area (Å²) in [6, 6.07) is 9.44. The number of hydrogen-bond donors (Lipinski definition) is 1. The van der Waals surface area contributed by atoms with Crippen LogP contribution in [-0.2, 0) is 5.67 Å². The highest BCUT2D eigenvalue weighted by Crippen LogP contribution is 2.32. The molecule has 0 aromatic heterocycles. The fraction of sp³-hybridized carbons (Fsp3) is 0.455. The quantitative estimate of drug-likeness (QED) is 0.760. The molecule has 0 radical (unpaired) electrons. The summed E-state index contributed by atoms with van der Waals surface area (Å²) in [6.07, 6.45) is 1.56. The summed E-state index contributed by atoms with van der Waals surface area (Å²) in [4.78, 5) is 0. The van der Waals surface area contributed by atoms with Crippen LogP contribution >= 0.6 is 12.4 Å². The van der Waals surface area contributed by atoms with Gasteiger partial charge in [-0.2, -0.15) is 0 Å². The molecule has 2 rings (SSSR count). The van der Waals surface area contributed by atoms with E-state index in [1.807, 2.05) is 30.3 Å². The van der Waals surface area contributed by atoms with Crippen LogP contribution in [0.2, 0.25) is 0 Å². The van der Waals surface area contributed by atoms with E-state index in [1.54, 1.807) is 0 Å². The molecule has 0 bridgehead atoms. The van der Waals surface area contributed by atoms with Gasteiger partial charge in [-0.1, -0.05) is 30.3 Å². The van der Waals surface area contributed by atoms with Crippen molar-refractivity contribution in [3.63, 3.8) is 0 Å². The molecule has 1 atom stereocenters. The molecule has 1 nitrogen and oxygen atoms in total. The zero-order valence-electron chi connectivity index (χ0n) is 8.00. The predicted molar refractivity (Wildman–Crippen MR) is 58.6 cm³/mol. The first-order valence-corrected chi connectivity index (χ1v) is 4.76. The van der Waals surface area contributed by atoms with Crippen molar-refractivity contribution < 1.29 is 4.39 Å². The van der Waals surface area contributed by atoms with E-state index in [9.17, 15) is 4.39 Å². The van der Waals surface area contributed by atoms with Crippen molar-refractivity contribution in [1.82, 2.24) is 5.32 Å². The van der Waals surface area contributed by atoms with E-state index in [0.29, 0.717) is 13.0 Å². The summed E-state index contributed by atoms with van der Waals surface area (Å²) in [5, 5.41) is 3.10. The van der Waals surface area contributed by atoms with Crippen LogP contribution in [0.15, 0.2) is 30.3 Å². The Morgan fingerprint density at radius 1 is 1.21 bits per heavy atom. The fourth-order valence-corrected chi connectivity index (χ4v) is 1.85. The van der Waals surface area contributed by atoms with Crippen LogP contribution < -0.4 is 5.32 Å². The molecule has 1 N–H and O–H groups in total. The zero-order valence-corrected chi connectivity index (χ0v) is 8.82. The van der Waals surface area contributed by atoms with E-state index in [4.69, 9.17) is 0 Å². The van der Waals surface area contributed by atoms with Crippen molar-refractivity contribution in [2.75, 3.05) is 13.1 Å². The summed E-state index contributed by atoms with van der Waals surface area (Å²) < 4.78 is 14.2. The minimum Gasteiger partial charge on any atom is -0.313 e. The molecule has 14 heavy (non-hydrogen) atoms. The van der Waals surface area contributed by atoms with E-state index in [2.05, 4.69) is 5.32 Å². The lowest BCUT2D eigenvalue weighted by Crippen LogP contribution is -2.39. The van der Waals surface area contributed by atoms with Gasteiger partial charge in [-0.05, 0) is 24.9 Å². The van der Waals surface area contributed by atoms with Crippen molar-refractivity contribution in [2.45, 2.75) is 18.5 Å². The van der Waals surface area contributed by atoms with E-state index in [-0.39, 0.29) is 12.4 Å². The average Bonchev–Trinajstić information content (AvgIpc) is 2.20. The summed E-state index contributed by atoms with van der Waals surface area (Å²) in [7, 11) is 0. The zero-order chi connectivity index (χ0) is 9.15. The molecule has 1 saturated heterocycles. The van der Waals surface area contributed by atoms with Gasteiger partial charge in [0.05, 0.1) is 0 Å². The average molecular weight is 216 g/mol. The van der Waals surface area contributed by atoms with Crippen LogP contribution in [0.25, 0.3) is 0 Å². The second-order valence-electron chi connectivity index (χ2n) is 3.61. The summed E-state index contributed by atoms with van der Waals surface area (Å²) in [6.45, 7) is 1.40. The Bertz CT molecular complexity index is 270. The monoisotopic (exact) mass is 215 g/mol. The Balaban J connectivity index is 0.000000980. The highest BCUT2D eigenvalue weighted by molar-refractivity contribution is 5.85. The summed E-state index contributed by atoms with van der Waals surface area (Å²) >= 11 is 0. The van der Waals surface area contributed by atoms with Gasteiger partial charge in [0.1, 0.15) is 5.67 Å². The number of nitrogens with one attached hydrogen (secondary N) is 1. The van der Waals surface area contributed by atoms with Crippen molar-refractivity contribution >= 4 is 12.4 Å². The Labute approximate surface area is 90.1 Å². The first kappa shape index (κ1) is 11.5. The van der Waals surface area contributed by atoms with Gasteiger partial charge in [-0.25, -0.2) is 4.39 Å². The maximum Gasteiger partial charge on any atom is 0.148 e. The summed E-state index contributed by atoms with van der Waals surface area (Å²) in [5.41, 5.74) is -0.332. The lowest BCUT2D eigenvalue weighted by atomic mass is 9.88. The predicted octanol–water partition coefficient (Wildman–Crippen LogP) is 2.66. The smallest absolute Gasteiger partial charge is 0.148 e. The van der Waals surface area contributed by atoms with Crippen LogP contribution in [0.1, 0.15) is 18.4 Å². The largest absolute Gasteiger partial charge is 0.313 e. The molecule has 1 heterocycles. The minimum absolute atomic E-state index is 0. The van der Waals surface area contributed by atoms with Crippen LogP contribution in [0.4, 0.5) is 4.39 Å². The van der Waals surface area contributed by atoms with E-state index in [0.717, 1.165) is 18.5 Å². The molecular formula is C11H15ClFN. The van der Waals surface area contributed by atoms with Gasteiger partial charge in [0.15, 0.2) is 0 Å². The number of hydrogen-bond acceptors (Lipinski definition) is 1. The fourth-order valence-electron chi connectivity index (χ4n) is 1.85. The molecule has 1 aromatic carbocycles. The second kappa shape index (κ2) is 4.76. The number of halogens is 2. The van der Waals surface area contributed by atoms with Crippen molar-refractivity contribution in [1.29, 1.82) is 0 Å². The molecule has 1 aliphatic heterocycles. The lowest BCUT2D eigenvalue weighted by Gasteiger charge is -2.30. The first-order valence-electron chi connectivity index (χ1n) is 4.76. The normalized spacial score (nSPS) is 26.6. The topological polar surface area (TPSA) is 12.0 Å². The van der Waals surface area contributed by atoms with Gasteiger partial charge >= 0.3 is 0 Å². The molecule has 0 amide bonds. The Hall–Kier alpha value is -0.600. The second-order valence-corrected chi connectivity index (χ2v) is 3.61. The molecule has 0 aliphatic carbocycles. The maximum absolute atomic E-state index is 14.2. The third-order valence-electron chi connectivity index (χ3n) is 2.62. The van der Waals surface area contributed by atoms with Gasteiger partial charge in [0.25, 0.3) is 0 Å². The molecule has 1 aromatic rings. The molecule has 1 unspecified atom stereocenters. The number of alkyl halides is 1. The van der Waals surface area contributed by atoms with Crippen molar-refractivity contribution in [3.8, 4) is 0 Å². The number of piperidine rings is 1. The highest BCUT2D eigenvalue weighted by atomic mass is 35.5. The third kappa shape index (κ3) is 2.25. The Morgan fingerprint density at radius 3 is 2.50 bits per heavy atom. The van der Waals surface area contributed by atoms with Crippen LogP contribution in [0, 0.1) is 0 Å². The van der Waals surface area contributed by atoms with Crippen LogP contribution in [0.5, 0.6) is 0 Å². The SMILES string of the molecule is Cl.FC1(c2ccccc2)CCCNC1. The van der Waals surface area contributed by atoms with Gasteiger partial charge in [0.2, 0.25) is 0 Å². The molecule has 3 heteroatoms. The van der Waals surface area contributed by atoms with Crippen molar-refractivity contribution in [2.24, 2.45) is 0 Å². The van der Waals surface area contributed by atoms with E-state index in [1.165, 1.54) is 0 Å². The highest BCUT2D eigenvalue weighted by Gasteiger charge is 2.33. The number of rotatable bonds is 1. The molecule has 1 fully saturated rings. The van der Waals surface area contributed by atoms with Crippen LogP contribution in [0.3, 0.4) is 0 Å². The Kier molecular flexibility index (Phi) is 3.90. The molecular weight excluding hydrogens is 201 g/mol. The molecule has 0 spiro atoms. The van der Waals surface area contributed by atoms with Gasteiger partial charge in [-0.15, -0.1) is 12.4 Å². The summed E-state index contributed by atoms with van der Waals surface area (Å²) in [5.74, 6) is 0. The molecule has 0 saturated carbocycles. The van der Waals surface area contributed by atoms with Crippen LogP contribution in [-0.4, -0.2) is 13.1 Å². The number of benzene rings is 1. The first-order chi connectivity index (χ1) is 6.31. The standard InChI is InChI=1S/C11H14FN.ClH/c12-11(7-4-8-13-9-11)10-5-2-1-3-6-10;/h1-3,5-6,13H,4,7-9H2;1H. The van der Waals surface area contributed by atoms with Gasteiger partial charge in [-0.3, -0.25) is 0 Å². The van der Waals surface area contributed by atoms with Gasteiger partial charge < -0.3 is 5.32 Å². The van der Waals surface area contributed by atoms with E-state index >= 15 is 0 Å². The maximum atomic E-state index is 14.2. The Morgan fingerprint density at radius 2 is 1.93 bits per heavy atom. The van der Waals surface area contributed by atoms with Crippen molar-refractivity contribution in [3.05, 3.63) is 35.9 Å².